The smallest absolute Gasteiger partial charge is 0.258 e. The van der Waals surface area contributed by atoms with E-state index >= 15 is 0 Å². The Morgan fingerprint density at radius 1 is 1.23 bits per heavy atom. The zero-order valence-electron chi connectivity index (χ0n) is 14.6. The van der Waals surface area contributed by atoms with E-state index in [1.807, 2.05) is 17.0 Å². The second-order valence-corrected chi connectivity index (χ2v) is 7.08. The summed E-state index contributed by atoms with van der Waals surface area (Å²) in [6.45, 7) is 0. The van der Waals surface area contributed by atoms with Crippen molar-refractivity contribution in [3.8, 4) is 5.75 Å². The van der Waals surface area contributed by atoms with Crippen LogP contribution < -0.4 is 4.74 Å². The molecule has 6 heteroatoms. The van der Waals surface area contributed by atoms with Crippen LogP contribution in [0.5, 0.6) is 5.75 Å². The van der Waals surface area contributed by atoms with E-state index in [4.69, 9.17) is 4.74 Å². The summed E-state index contributed by atoms with van der Waals surface area (Å²) >= 11 is 0. The van der Waals surface area contributed by atoms with Gasteiger partial charge in [-0.05, 0) is 31.0 Å². The molecule has 2 bridgehead atoms. The van der Waals surface area contributed by atoms with Crippen molar-refractivity contribution >= 4 is 5.91 Å². The topological polar surface area (TPSA) is 62.7 Å². The van der Waals surface area contributed by atoms with Gasteiger partial charge in [-0.15, -0.1) is 0 Å². The van der Waals surface area contributed by atoms with E-state index in [2.05, 4.69) is 4.98 Å². The molecule has 2 fully saturated rings. The molecule has 5 nitrogen and oxygen atoms in total. The number of para-hydroxylation sites is 1. The number of carbonyl (C=O) groups excluding carboxylic acids is 1. The normalized spacial score (nSPS) is 27.4. The number of benzene rings is 1. The van der Waals surface area contributed by atoms with Gasteiger partial charge in [0.25, 0.3) is 5.91 Å². The van der Waals surface area contributed by atoms with Gasteiger partial charge in [0.15, 0.2) is 0 Å². The molecule has 4 rings (SSSR count). The van der Waals surface area contributed by atoms with Gasteiger partial charge in [-0.3, -0.25) is 4.79 Å². The number of amides is 1. The van der Waals surface area contributed by atoms with E-state index in [-0.39, 0.29) is 23.6 Å². The molecular weight excluding hydrogens is 335 g/mol. The van der Waals surface area contributed by atoms with Crippen molar-refractivity contribution in [1.82, 2.24) is 9.88 Å². The number of carbonyl (C=O) groups is 1. The first-order valence-corrected chi connectivity index (χ1v) is 8.82. The predicted molar refractivity (Wildman–Crippen MR) is 93.3 cm³/mol. The standard InChI is InChI=1S/C20H21FN2O3/c1-26-17-7-3-2-5-15(17)19(24)23-13-8-9-14(23)12-20(25,11-13)16-6-4-10-22-18(16)21/h2-7,10,13-14,25H,8-9,11-12H2,1H3. The van der Waals surface area contributed by atoms with Crippen molar-refractivity contribution in [2.75, 3.05) is 7.11 Å². The SMILES string of the molecule is COc1ccccc1C(=O)N1C2CCC1CC(O)(c1cccnc1F)C2. The van der Waals surface area contributed by atoms with E-state index in [1.165, 1.54) is 6.20 Å². The minimum atomic E-state index is -1.29. The molecule has 2 aliphatic heterocycles. The van der Waals surface area contributed by atoms with Crippen LogP contribution in [0.3, 0.4) is 0 Å². The minimum absolute atomic E-state index is 0.0938. The number of piperidine rings is 1. The van der Waals surface area contributed by atoms with Crippen molar-refractivity contribution in [1.29, 1.82) is 0 Å². The molecular formula is C20H21FN2O3. The summed E-state index contributed by atoms with van der Waals surface area (Å²) in [6, 6.07) is 10.1. The van der Waals surface area contributed by atoms with Gasteiger partial charge in [0.05, 0.1) is 18.3 Å². The number of hydrogen-bond donors (Lipinski definition) is 1. The lowest BCUT2D eigenvalue weighted by molar-refractivity contribution is -0.0504. The Hall–Kier alpha value is -2.47. The predicted octanol–water partition coefficient (Wildman–Crippen LogP) is 2.88. The number of methoxy groups -OCH3 is 1. The fraction of sp³-hybridized carbons (Fsp3) is 0.400. The Balaban J connectivity index is 1.63. The van der Waals surface area contributed by atoms with Gasteiger partial charge in [-0.1, -0.05) is 18.2 Å². The van der Waals surface area contributed by atoms with Crippen molar-refractivity contribution in [2.45, 2.75) is 43.4 Å². The Morgan fingerprint density at radius 3 is 2.58 bits per heavy atom. The summed E-state index contributed by atoms with van der Waals surface area (Å²) in [6.07, 6.45) is 3.60. The van der Waals surface area contributed by atoms with E-state index in [0.29, 0.717) is 24.2 Å². The summed E-state index contributed by atoms with van der Waals surface area (Å²) in [5.74, 6) is -0.196. The number of hydrogen-bond acceptors (Lipinski definition) is 4. The number of nitrogens with zero attached hydrogens (tertiary/aromatic N) is 2. The maximum atomic E-state index is 14.1. The number of rotatable bonds is 3. The largest absolute Gasteiger partial charge is 0.496 e. The average molecular weight is 356 g/mol. The first-order valence-electron chi connectivity index (χ1n) is 8.82. The molecule has 1 N–H and O–H groups in total. The molecule has 1 aromatic heterocycles. The molecule has 0 spiro atoms. The summed E-state index contributed by atoms with van der Waals surface area (Å²) in [5.41, 5.74) is -0.548. The zero-order valence-corrected chi connectivity index (χ0v) is 14.6. The van der Waals surface area contributed by atoms with Gasteiger partial charge in [0.2, 0.25) is 5.95 Å². The highest BCUT2D eigenvalue weighted by atomic mass is 19.1. The molecule has 0 saturated carbocycles. The maximum absolute atomic E-state index is 14.1. The molecule has 0 aliphatic carbocycles. The third kappa shape index (κ3) is 2.65. The number of fused-ring (bicyclic) bond motifs is 2. The van der Waals surface area contributed by atoms with E-state index in [9.17, 15) is 14.3 Å². The van der Waals surface area contributed by atoms with Gasteiger partial charge >= 0.3 is 0 Å². The quantitative estimate of drug-likeness (QED) is 0.859. The Bertz CT molecular complexity index is 827. The van der Waals surface area contributed by atoms with Crippen LogP contribution in [-0.2, 0) is 5.60 Å². The minimum Gasteiger partial charge on any atom is -0.496 e. The van der Waals surface area contributed by atoms with Gasteiger partial charge in [0, 0.05) is 36.7 Å². The third-order valence-corrected chi connectivity index (χ3v) is 5.60. The van der Waals surface area contributed by atoms with Gasteiger partial charge < -0.3 is 14.7 Å². The van der Waals surface area contributed by atoms with Gasteiger partial charge in [-0.25, -0.2) is 4.98 Å². The molecule has 3 heterocycles. The van der Waals surface area contributed by atoms with Crippen molar-refractivity contribution in [3.63, 3.8) is 0 Å². The molecule has 1 amide bonds. The second kappa shape index (κ2) is 6.36. The Kier molecular flexibility index (Phi) is 4.15. The molecule has 1 aromatic carbocycles. The van der Waals surface area contributed by atoms with E-state index < -0.39 is 11.5 Å². The Labute approximate surface area is 151 Å². The highest BCUT2D eigenvalue weighted by molar-refractivity contribution is 5.97. The van der Waals surface area contributed by atoms with Crippen molar-refractivity contribution < 1.29 is 19.0 Å². The first kappa shape index (κ1) is 17.0. The molecule has 2 aliphatic rings. The number of halogens is 1. The lowest BCUT2D eigenvalue weighted by atomic mass is 9.80. The second-order valence-electron chi connectivity index (χ2n) is 7.08. The summed E-state index contributed by atoms with van der Waals surface area (Å²) in [7, 11) is 1.54. The van der Waals surface area contributed by atoms with Crippen LogP contribution in [0.1, 0.15) is 41.6 Å². The first-order chi connectivity index (χ1) is 12.5. The van der Waals surface area contributed by atoms with Crippen LogP contribution in [0.25, 0.3) is 0 Å². The Morgan fingerprint density at radius 2 is 1.92 bits per heavy atom. The maximum Gasteiger partial charge on any atom is 0.258 e. The van der Waals surface area contributed by atoms with Crippen molar-refractivity contribution in [3.05, 3.63) is 59.7 Å². The van der Waals surface area contributed by atoms with Gasteiger partial charge in [0.1, 0.15) is 5.75 Å². The van der Waals surface area contributed by atoms with Gasteiger partial charge in [-0.2, -0.15) is 4.39 Å². The highest BCUT2D eigenvalue weighted by Gasteiger charge is 2.51. The molecule has 2 unspecified atom stereocenters. The summed E-state index contributed by atoms with van der Waals surface area (Å²) in [4.78, 5) is 18.7. The zero-order chi connectivity index (χ0) is 18.3. The molecule has 2 atom stereocenters. The number of aliphatic hydroxyl groups is 1. The van der Waals surface area contributed by atoms with Crippen LogP contribution >= 0.6 is 0 Å². The highest BCUT2D eigenvalue weighted by Crippen LogP contribution is 2.46. The number of ether oxygens (including phenoxy) is 1. The number of aromatic nitrogens is 1. The molecule has 0 radical (unpaired) electrons. The van der Waals surface area contributed by atoms with Crippen LogP contribution in [0.4, 0.5) is 4.39 Å². The monoisotopic (exact) mass is 356 g/mol. The number of pyridine rings is 1. The molecule has 136 valence electrons. The van der Waals surface area contributed by atoms with E-state index in [1.54, 1.807) is 31.4 Å². The lowest BCUT2D eigenvalue weighted by Gasteiger charge is -2.44. The molecule has 26 heavy (non-hydrogen) atoms. The van der Waals surface area contributed by atoms with Crippen molar-refractivity contribution in [2.24, 2.45) is 0 Å². The molecule has 2 saturated heterocycles. The summed E-state index contributed by atoms with van der Waals surface area (Å²) < 4.78 is 19.5. The average Bonchev–Trinajstić information content (AvgIpc) is 2.93. The van der Waals surface area contributed by atoms with E-state index in [0.717, 1.165) is 12.8 Å². The van der Waals surface area contributed by atoms with Crippen LogP contribution in [0, 0.1) is 5.95 Å². The third-order valence-electron chi connectivity index (χ3n) is 5.60. The molecule has 2 aromatic rings. The summed E-state index contributed by atoms with van der Waals surface area (Å²) in [5, 5.41) is 11.1. The lowest BCUT2D eigenvalue weighted by Crippen LogP contribution is -2.52. The fourth-order valence-electron chi connectivity index (χ4n) is 4.47. The van der Waals surface area contributed by atoms with Crippen LogP contribution in [0.15, 0.2) is 42.6 Å². The van der Waals surface area contributed by atoms with Crippen LogP contribution in [0.2, 0.25) is 0 Å². The van der Waals surface area contributed by atoms with Crippen LogP contribution in [-0.4, -0.2) is 40.1 Å². The fourth-order valence-corrected chi connectivity index (χ4v) is 4.47.